The lowest BCUT2D eigenvalue weighted by molar-refractivity contribution is -0.213. The van der Waals surface area contributed by atoms with Gasteiger partial charge in [0.25, 0.3) is 0 Å². The Labute approximate surface area is 104 Å². The van der Waals surface area contributed by atoms with Gasteiger partial charge in [-0.15, -0.1) is 5.73 Å². The topological polar surface area (TPSA) is 55.4 Å². The lowest BCUT2D eigenvalue weighted by Gasteiger charge is -2.16. The maximum Gasteiger partial charge on any atom is 0.414 e. The van der Waals surface area contributed by atoms with Crippen LogP contribution in [-0.2, 0) is 14.8 Å². The monoisotopic (exact) mass is 285 g/mol. The largest absolute Gasteiger partial charge is 0.414 e. The Balaban J connectivity index is 2.47. The summed E-state index contributed by atoms with van der Waals surface area (Å²) in [4.78, 5) is 0. The number of rotatable bonds is 5. The summed E-state index contributed by atoms with van der Waals surface area (Å²) in [5, 5.41) is 0. The number of nitrogens with one attached hydrogen (secondary N) is 1. The van der Waals surface area contributed by atoms with E-state index in [1.807, 2.05) is 0 Å². The Bertz CT molecular complexity index is 426. The van der Waals surface area contributed by atoms with Crippen molar-refractivity contribution in [1.82, 2.24) is 4.72 Å². The minimum absolute atomic E-state index is 0.0151. The summed E-state index contributed by atoms with van der Waals surface area (Å²) in [5.41, 5.74) is 2.38. The highest BCUT2D eigenvalue weighted by atomic mass is 32.2. The van der Waals surface area contributed by atoms with E-state index in [4.69, 9.17) is 0 Å². The van der Waals surface area contributed by atoms with Gasteiger partial charge in [-0.1, -0.05) is 6.58 Å². The molecule has 8 heteroatoms. The van der Waals surface area contributed by atoms with Gasteiger partial charge in [-0.2, -0.15) is 13.2 Å². The molecule has 1 rings (SSSR count). The first-order chi connectivity index (χ1) is 8.24. The highest BCUT2D eigenvalue weighted by Crippen LogP contribution is 2.33. The summed E-state index contributed by atoms with van der Waals surface area (Å²) >= 11 is 0. The summed E-state index contributed by atoms with van der Waals surface area (Å²) in [7, 11) is -3.65. The molecule has 0 aromatic carbocycles. The maximum atomic E-state index is 12.3. The zero-order valence-electron chi connectivity index (χ0n) is 9.53. The molecule has 0 radical (unpaired) electrons. The van der Waals surface area contributed by atoms with Gasteiger partial charge in [-0.3, -0.25) is 0 Å². The first kappa shape index (κ1) is 15.2. The normalized spacial score (nSPS) is 24.8. The third kappa shape index (κ3) is 4.81. The van der Waals surface area contributed by atoms with Gasteiger partial charge in [0.1, 0.15) is 0 Å². The van der Waals surface area contributed by atoms with Gasteiger partial charge in [0, 0.05) is 6.54 Å². The van der Waals surface area contributed by atoms with Crippen LogP contribution in [0.4, 0.5) is 13.2 Å². The fourth-order valence-corrected chi connectivity index (χ4v) is 2.80. The van der Waals surface area contributed by atoms with Crippen molar-refractivity contribution in [3.05, 3.63) is 18.4 Å². The average molecular weight is 285 g/mol. The van der Waals surface area contributed by atoms with E-state index in [0.29, 0.717) is 0 Å². The van der Waals surface area contributed by atoms with Crippen LogP contribution in [0.5, 0.6) is 0 Å². The Kier molecular flexibility index (Phi) is 4.98. The van der Waals surface area contributed by atoms with Crippen LogP contribution in [0, 0.1) is 0 Å². The minimum Gasteiger partial charge on any atom is -0.364 e. The van der Waals surface area contributed by atoms with Gasteiger partial charge in [-0.05, 0) is 18.9 Å². The van der Waals surface area contributed by atoms with Crippen molar-refractivity contribution in [1.29, 1.82) is 0 Å². The summed E-state index contributed by atoms with van der Waals surface area (Å²) in [6.07, 6.45) is -5.95. The van der Waals surface area contributed by atoms with Gasteiger partial charge >= 0.3 is 6.18 Å². The Morgan fingerprint density at radius 3 is 2.61 bits per heavy atom. The molecular weight excluding hydrogens is 271 g/mol. The Hall–Kier alpha value is -0.820. The molecule has 0 spiro atoms. The Morgan fingerprint density at radius 1 is 1.44 bits per heavy atom. The lowest BCUT2D eigenvalue weighted by Crippen LogP contribution is -2.34. The molecule has 104 valence electrons. The molecule has 1 fully saturated rings. The molecule has 0 aromatic heterocycles. The van der Waals surface area contributed by atoms with Crippen molar-refractivity contribution in [3.63, 3.8) is 0 Å². The van der Waals surface area contributed by atoms with Crippen LogP contribution in [-0.4, -0.2) is 39.1 Å². The van der Waals surface area contributed by atoms with Crippen LogP contribution < -0.4 is 4.72 Å². The van der Waals surface area contributed by atoms with E-state index in [1.54, 1.807) is 0 Å². The first-order valence-electron chi connectivity index (χ1n) is 5.28. The molecular formula is C10H14F3NO3S. The second kappa shape index (κ2) is 5.88. The first-order valence-corrected chi connectivity index (χ1v) is 6.93. The quantitative estimate of drug-likeness (QED) is 0.776. The highest BCUT2D eigenvalue weighted by Gasteiger charge is 2.46. The second-order valence-corrected chi connectivity index (χ2v) is 5.76. The molecule has 1 saturated heterocycles. The average Bonchev–Trinajstić information content (AvgIpc) is 2.65. The lowest BCUT2D eigenvalue weighted by atomic mass is 10.2. The zero-order chi connectivity index (χ0) is 13.8. The van der Waals surface area contributed by atoms with Crippen molar-refractivity contribution >= 4 is 10.0 Å². The number of alkyl halides is 3. The molecule has 18 heavy (non-hydrogen) atoms. The van der Waals surface area contributed by atoms with Gasteiger partial charge < -0.3 is 4.74 Å². The van der Waals surface area contributed by atoms with Crippen LogP contribution in [0.25, 0.3) is 0 Å². The third-order valence-corrected chi connectivity index (χ3v) is 3.84. The van der Waals surface area contributed by atoms with Gasteiger partial charge in [0.05, 0.1) is 11.9 Å². The van der Waals surface area contributed by atoms with Gasteiger partial charge in [0.2, 0.25) is 10.0 Å². The molecule has 1 aliphatic rings. The summed E-state index contributed by atoms with van der Waals surface area (Å²) in [6.45, 7) is 3.27. The van der Waals surface area contributed by atoms with Gasteiger partial charge in [-0.25, -0.2) is 13.1 Å². The molecule has 0 bridgehead atoms. The molecule has 2 atom stereocenters. The third-order valence-electron chi connectivity index (χ3n) is 2.43. The van der Waals surface area contributed by atoms with Crippen molar-refractivity contribution in [2.24, 2.45) is 0 Å². The molecule has 0 aromatic rings. The number of ether oxygens (including phenoxy) is 1. The van der Waals surface area contributed by atoms with E-state index in [2.05, 4.69) is 21.8 Å². The van der Waals surface area contributed by atoms with E-state index in [0.717, 1.165) is 0 Å². The van der Waals surface area contributed by atoms with Crippen LogP contribution in [0.2, 0.25) is 0 Å². The maximum absolute atomic E-state index is 12.3. The minimum atomic E-state index is -4.43. The van der Waals surface area contributed by atoms with Crippen molar-refractivity contribution < 1.29 is 26.3 Å². The van der Waals surface area contributed by atoms with E-state index in [9.17, 15) is 21.6 Å². The smallest absolute Gasteiger partial charge is 0.364 e. The van der Waals surface area contributed by atoms with Crippen LogP contribution in [0.3, 0.4) is 0 Å². The summed E-state index contributed by atoms with van der Waals surface area (Å²) in [6, 6.07) is 0. The van der Waals surface area contributed by atoms with Crippen LogP contribution >= 0.6 is 0 Å². The summed E-state index contributed by atoms with van der Waals surface area (Å²) < 4.78 is 66.7. The fraction of sp³-hybridized carbons (Fsp3) is 0.700. The molecule has 1 aliphatic heterocycles. The fourth-order valence-electron chi connectivity index (χ4n) is 1.61. The van der Waals surface area contributed by atoms with Crippen molar-refractivity contribution in [3.8, 4) is 0 Å². The molecule has 0 amide bonds. The van der Waals surface area contributed by atoms with E-state index in [1.165, 1.54) is 6.08 Å². The Morgan fingerprint density at radius 2 is 2.11 bits per heavy atom. The molecule has 1 heterocycles. The number of halogens is 3. The predicted molar refractivity (Wildman–Crippen MR) is 59.4 cm³/mol. The molecule has 4 nitrogen and oxygen atoms in total. The van der Waals surface area contributed by atoms with E-state index < -0.39 is 34.2 Å². The molecule has 2 unspecified atom stereocenters. The van der Waals surface area contributed by atoms with Crippen LogP contribution in [0.15, 0.2) is 18.4 Å². The van der Waals surface area contributed by atoms with Crippen molar-refractivity contribution in [2.45, 2.75) is 31.2 Å². The van der Waals surface area contributed by atoms with Crippen LogP contribution in [0.1, 0.15) is 12.8 Å². The number of hydrogen-bond acceptors (Lipinski definition) is 3. The second-order valence-electron chi connectivity index (χ2n) is 3.90. The van der Waals surface area contributed by atoms with E-state index >= 15 is 0 Å². The summed E-state index contributed by atoms with van der Waals surface area (Å²) in [5.74, 6) is -0.468. The SMILES string of the molecule is C=C=CCNS(=O)(=O)CC1CCC(C(F)(F)F)O1. The highest BCUT2D eigenvalue weighted by molar-refractivity contribution is 7.89. The molecule has 0 saturated carbocycles. The van der Waals surface area contributed by atoms with E-state index in [-0.39, 0.29) is 19.4 Å². The molecule has 0 aliphatic carbocycles. The molecule has 1 N–H and O–H groups in total. The number of sulfonamides is 1. The standard InChI is InChI=1S/C10H14F3NO3S/c1-2-3-6-14-18(15,16)7-8-4-5-9(17-8)10(11,12)13/h3,8-9,14H,1,4-7H2. The van der Waals surface area contributed by atoms with Crippen molar-refractivity contribution in [2.75, 3.05) is 12.3 Å². The predicted octanol–water partition coefficient (Wildman–Crippen LogP) is 1.36. The number of hydrogen-bond donors (Lipinski definition) is 1. The zero-order valence-corrected chi connectivity index (χ0v) is 10.4. The van der Waals surface area contributed by atoms with Gasteiger partial charge in [0.15, 0.2) is 6.10 Å².